The van der Waals surface area contributed by atoms with Crippen molar-refractivity contribution in [1.82, 2.24) is 13.8 Å². The van der Waals surface area contributed by atoms with Crippen molar-refractivity contribution in [1.29, 1.82) is 0 Å². The summed E-state index contributed by atoms with van der Waals surface area (Å²) in [5.74, 6) is -0.508. The van der Waals surface area contributed by atoms with E-state index in [-0.39, 0.29) is 4.90 Å². The van der Waals surface area contributed by atoms with E-state index in [1.165, 1.54) is 27.1 Å². The maximum absolute atomic E-state index is 12.8. The van der Waals surface area contributed by atoms with E-state index in [0.29, 0.717) is 43.9 Å². The Morgan fingerprint density at radius 3 is 2.58 bits per heavy atom. The van der Waals surface area contributed by atoms with Gasteiger partial charge in [0.1, 0.15) is 0 Å². The van der Waals surface area contributed by atoms with Gasteiger partial charge in [-0.1, -0.05) is 0 Å². The molecule has 0 saturated carbocycles. The predicted molar refractivity (Wildman–Crippen MR) is 88.5 cm³/mol. The van der Waals surface area contributed by atoms with Crippen LogP contribution in [0.15, 0.2) is 32.3 Å². The van der Waals surface area contributed by atoms with Gasteiger partial charge in [0.15, 0.2) is 5.58 Å². The second kappa shape index (κ2) is 6.67. The van der Waals surface area contributed by atoms with Gasteiger partial charge in [-0.25, -0.2) is 13.2 Å². The minimum Gasteiger partial charge on any atom is -0.408 e. The molecule has 1 fully saturated rings. The molecule has 8 nitrogen and oxygen atoms in total. The molecule has 1 aliphatic rings. The summed E-state index contributed by atoms with van der Waals surface area (Å²) < 4.78 is 38.5. The van der Waals surface area contributed by atoms with E-state index in [1.54, 1.807) is 14.2 Å². The van der Waals surface area contributed by atoms with Gasteiger partial charge in [0, 0.05) is 46.9 Å². The lowest BCUT2D eigenvalue weighted by molar-refractivity contribution is 0.123. The van der Waals surface area contributed by atoms with E-state index >= 15 is 0 Å². The van der Waals surface area contributed by atoms with Crippen LogP contribution in [0.25, 0.3) is 11.1 Å². The minimum absolute atomic E-state index is 0.178. The van der Waals surface area contributed by atoms with Crippen LogP contribution in [0.4, 0.5) is 0 Å². The molecule has 0 amide bonds. The molecule has 1 aromatic carbocycles. The van der Waals surface area contributed by atoms with Crippen molar-refractivity contribution in [3.05, 3.63) is 28.7 Å². The molecule has 1 aliphatic heterocycles. The normalized spacial score (nSPS) is 17.6. The third-order valence-corrected chi connectivity index (χ3v) is 6.24. The zero-order valence-electron chi connectivity index (χ0n) is 13.8. The van der Waals surface area contributed by atoms with Gasteiger partial charge in [0.05, 0.1) is 17.0 Å². The Morgan fingerprint density at radius 1 is 1.21 bits per heavy atom. The quantitative estimate of drug-likeness (QED) is 0.755. The Hall–Kier alpha value is -1.68. The molecule has 2 aromatic rings. The van der Waals surface area contributed by atoms with Crippen molar-refractivity contribution in [3.8, 4) is 0 Å². The number of oxazole rings is 1. The summed E-state index contributed by atoms with van der Waals surface area (Å²) in [5, 5.41) is 0. The van der Waals surface area contributed by atoms with Crippen molar-refractivity contribution in [2.75, 3.05) is 46.4 Å². The average Bonchev–Trinajstić information content (AvgIpc) is 2.87. The molecule has 0 N–H and O–H groups in total. The molecule has 1 saturated heterocycles. The zero-order chi connectivity index (χ0) is 17.3. The summed E-state index contributed by atoms with van der Waals surface area (Å²) in [6, 6.07) is 4.50. The topological polar surface area (TPSA) is 85.0 Å². The number of sulfonamides is 1. The second-order valence-electron chi connectivity index (χ2n) is 5.80. The Labute approximate surface area is 140 Å². The molecule has 132 valence electrons. The van der Waals surface area contributed by atoms with Crippen LogP contribution in [0, 0.1) is 0 Å². The Morgan fingerprint density at radius 2 is 1.92 bits per heavy atom. The lowest BCUT2D eigenvalue weighted by Crippen LogP contribution is -2.49. The summed E-state index contributed by atoms with van der Waals surface area (Å²) in [5.41, 5.74) is 0.852. The van der Waals surface area contributed by atoms with Crippen molar-refractivity contribution in [2.45, 2.75) is 4.90 Å². The van der Waals surface area contributed by atoms with Crippen LogP contribution in [0.3, 0.4) is 0 Å². The molecule has 9 heteroatoms. The molecular formula is C15H21N3O5S. The number of methoxy groups -OCH3 is 1. The highest BCUT2D eigenvalue weighted by molar-refractivity contribution is 7.89. The van der Waals surface area contributed by atoms with Gasteiger partial charge < -0.3 is 9.15 Å². The van der Waals surface area contributed by atoms with Gasteiger partial charge in [-0.15, -0.1) is 0 Å². The van der Waals surface area contributed by atoms with Crippen LogP contribution in [0.2, 0.25) is 0 Å². The summed E-state index contributed by atoms with van der Waals surface area (Å²) >= 11 is 0. The maximum Gasteiger partial charge on any atom is 0.419 e. The van der Waals surface area contributed by atoms with Crippen LogP contribution >= 0.6 is 0 Å². The first-order valence-electron chi connectivity index (χ1n) is 7.74. The summed E-state index contributed by atoms with van der Waals surface area (Å²) in [6.07, 6.45) is 0. The highest BCUT2D eigenvalue weighted by Crippen LogP contribution is 2.22. The van der Waals surface area contributed by atoms with Gasteiger partial charge in [-0.3, -0.25) is 9.47 Å². The zero-order valence-corrected chi connectivity index (χ0v) is 14.6. The summed E-state index contributed by atoms with van der Waals surface area (Å²) in [4.78, 5) is 13.9. The molecule has 0 atom stereocenters. The Bertz CT molecular complexity index is 878. The first kappa shape index (κ1) is 17.2. The van der Waals surface area contributed by atoms with Crippen molar-refractivity contribution < 1.29 is 17.6 Å². The first-order valence-corrected chi connectivity index (χ1v) is 9.18. The molecule has 24 heavy (non-hydrogen) atoms. The highest BCUT2D eigenvalue weighted by Gasteiger charge is 2.28. The molecule has 0 spiro atoms. The number of piperazine rings is 1. The van der Waals surface area contributed by atoms with E-state index in [9.17, 15) is 13.2 Å². The number of rotatable bonds is 5. The summed E-state index contributed by atoms with van der Waals surface area (Å²) in [7, 11) is -0.379. The molecule has 2 heterocycles. The smallest absolute Gasteiger partial charge is 0.408 e. The number of hydrogen-bond acceptors (Lipinski definition) is 6. The van der Waals surface area contributed by atoms with Crippen LogP contribution < -0.4 is 5.76 Å². The van der Waals surface area contributed by atoms with E-state index in [4.69, 9.17) is 9.15 Å². The van der Waals surface area contributed by atoms with E-state index < -0.39 is 15.8 Å². The molecule has 1 aromatic heterocycles. The number of hydrogen-bond donors (Lipinski definition) is 0. The van der Waals surface area contributed by atoms with Crippen LogP contribution in [0.5, 0.6) is 0 Å². The monoisotopic (exact) mass is 355 g/mol. The highest BCUT2D eigenvalue weighted by atomic mass is 32.2. The lowest BCUT2D eigenvalue weighted by Gasteiger charge is -2.33. The standard InChI is InChI=1S/C15H21N3O5S/c1-16-13-11-12(3-4-14(13)23-15(16)19)24(20,21)18-7-5-17(6-8-18)9-10-22-2/h3-4,11H,5-10H2,1-2H3. The van der Waals surface area contributed by atoms with E-state index in [2.05, 4.69) is 4.90 Å². The van der Waals surface area contributed by atoms with E-state index in [1.807, 2.05) is 0 Å². The molecule has 0 unspecified atom stereocenters. The lowest BCUT2D eigenvalue weighted by atomic mass is 10.3. The first-order chi connectivity index (χ1) is 11.4. The number of ether oxygens (including phenoxy) is 1. The van der Waals surface area contributed by atoms with Gasteiger partial charge >= 0.3 is 5.76 Å². The van der Waals surface area contributed by atoms with Gasteiger partial charge in [-0.05, 0) is 18.2 Å². The van der Waals surface area contributed by atoms with Gasteiger partial charge in [0.2, 0.25) is 10.0 Å². The number of fused-ring (bicyclic) bond motifs is 1. The van der Waals surface area contributed by atoms with Crippen molar-refractivity contribution in [3.63, 3.8) is 0 Å². The fraction of sp³-hybridized carbons (Fsp3) is 0.533. The molecule has 0 aliphatic carbocycles. The SMILES string of the molecule is COCCN1CCN(S(=O)(=O)c2ccc3oc(=O)n(C)c3c2)CC1. The maximum atomic E-state index is 12.8. The van der Waals surface area contributed by atoms with Crippen molar-refractivity contribution >= 4 is 21.1 Å². The second-order valence-corrected chi connectivity index (χ2v) is 7.73. The molecular weight excluding hydrogens is 334 g/mol. The fourth-order valence-corrected chi connectivity index (χ4v) is 4.27. The minimum atomic E-state index is -3.59. The van der Waals surface area contributed by atoms with Crippen molar-refractivity contribution in [2.24, 2.45) is 7.05 Å². The predicted octanol–water partition coefficient (Wildman–Crippen LogP) is 0.0842. The third-order valence-electron chi connectivity index (χ3n) is 4.34. The van der Waals surface area contributed by atoms with Crippen LogP contribution in [0.1, 0.15) is 0 Å². The summed E-state index contributed by atoms with van der Waals surface area (Å²) in [6.45, 7) is 3.66. The van der Waals surface area contributed by atoms with Crippen LogP contribution in [-0.2, 0) is 21.8 Å². The average molecular weight is 355 g/mol. The molecule has 3 rings (SSSR count). The van der Waals surface area contributed by atoms with Gasteiger partial charge in [-0.2, -0.15) is 4.31 Å². The third kappa shape index (κ3) is 3.12. The number of aryl methyl sites for hydroxylation is 1. The Balaban J connectivity index is 1.81. The number of aromatic nitrogens is 1. The van der Waals surface area contributed by atoms with Gasteiger partial charge in [0.25, 0.3) is 0 Å². The van der Waals surface area contributed by atoms with Crippen LogP contribution in [-0.4, -0.2) is 68.6 Å². The fourth-order valence-electron chi connectivity index (χ4n) is 2.83. The van der Waals surface area contributed by atoms with E-state index in [0.717, 1.165) is 6.54 Å². The molecule has 0 radical (unpaired) electrons. The Kier molecular flexibility index (Phi) is 4.77. The number of benzene rings is 1. The molecule has 0 bridgehead atoms. The largest absolute Gasteiger partial charge is 0.419 e. The number of nitrogens with zero attached hydrogens (tertiary/aromatic N) is 3.